The fraction of sp³-hybridized carbons (Fsp3) is 0.318. The number of alkyl halides is 1. The summed E-state index contributed by atoms with van der Waals surface area (Å²) in [5.74, 6) is -0.695. The summed E-state index contributed by atoms with van der Waals surface area (Å²) in [4.78, 5) is 13.0. The molecular formula is C22H21ClFNO2S. The van der Waals surface area contributed by atoms with E-state index in [2.05, 4.69) is 0 Å². The van der Waals surface area contributed by atoms with Gasteiger partial charge in [0.2, 0.25) is 0 Å². The number of aromatic nitrogens is 1. The molecule has 1 heterocycles. The van der Waals surface area contributed by atoms with Crippen LogP contribution in [0.1, 0.15) is 51.4 Å². The highest BCUT2D eigenvalue weighted by Crippen LogP contribution is 2.43. The fourth-order valence-corrected chi connectivity index (χ4v) is 5.49. The lowest BCUT2D eigenvalue weighted by atomic mass is 10.0. The Bertz CT molecular complexity index is 1120. The summed E-state index contributed by atoms with van der Waals surface area (Å²) in [6.45, 7) is 5.78. The molecule has 146 valence electrons. The van der Waals surface area contributed by atoms with Gasteiger partial charge in [-0.2, -0.15) is 0 Å². The first-order chi connectivity index (χ1) is 13.3. The summed E-state index contributed by atoms with van der Waals surface area (Å²) in [5.41, 5.74) is 3.99. The van der Waals surface area contributed by atoms with Gasteiger partial charge in [0, 0.05) is 17.1 Å². The van der Waals surface area contributed by atoms with Crippen molar-refractivity contribution in [1.82, 2.24) is 3.97 Å². The van der Waals surface area contributed by atoms with Gasteiger partial charge in [0.25, 0.3) is 0 Å². The maximum absolute atomic E-state index is 15.4. The Morgan fingerprint density at radius 2 is 1.86 bits per heavy atom. The Morgan fingerprint density at radius 1 is 1.21 bits per heavy atom. The van der Waals surface area contributed by atoms with Crippen molar-refractivity contribution in [3.63, 3.8) is 0 Å². The largest absolute Gasteiger partial charge is 0.293 e. The van der Waals surface area contributed by atoms with Crippen molar-refractivity contribution in [1.29, 1.82) is 0 Å². The molecule has 6 heteroatoms. The minimum absolute atomic E-state index is 0.205. The van der Waals surface area contributed by atoms with Crippen LogP contribution in [-0.4, -0.2) is 19.8 Å². The average Bonchev–Trinajstić information content (AvgIpc) is 3.40. The molecule has 0 saturated heterocycles. The molecule has 28 heavy (non-hydrogen) atoms. The zero-order chi connectivity index (χ0) is 20.2. The molecule has 0 amide bonds. The summed E-state index contributed by atoms with van der Waals surface area (Å²) in [7, 11) is -1.68. The zero-order valence-electron chi connectivity index (χ0n) is 16.0. The number of nitrogens with zero attached hydrogens (tertiary/aromatic N) is 1. The molecule has 1 fully saturated rings. The van der Waals surface area contributed by atoms with Crippen LogP contribution >= 0.6 is 11.6 Å². The second kappa shape index (κ2) is 7.12. The predicted molar refractivity (Wildman–Crippen MR) is 111 cm³/mol. The first kappa shape index (κ1) is 19.3. The minimum Gasteiger partial charge on any atom is -0.293 e. The number of rotatable bonds is 5. The molecule has 2 aromatic carbocycles. The molecule has 1 atom stereocenters. The van der Waals surface area contributed by atoms with Crippen LogP contribution in [0.5, 0.6) is 0 Å². The number of ketones is 1. The normalized spacial score (nSPS) is 15.2. The molecule has 1 aliphatic carbocycles. The van der Waals surface area contributed by atoms with Gasteiger partial charge in [-0.05, 0) is 56.2 Å². The number of Topliss-reactive ketones (excluding diaryl/α,β-unsaturated/α-hetero) is 1. The van der Waals surface area contributed by atoms with Crippen molar-refractivity contribution < 1.29 is 13.4 Å². The van der Waals surface area contributed by atoms with Gasteiger partial charge < -0.3 is 0 Å². The minimum atomic E-state index is -1.68. The lowest BCUT2D eigenvalue weighted by Gasteiger charge is -2.13. The second-order valence-electron chi connectivity index (χ2n) is 7.54. The van der Waals surface area contributed by atoms with E-state index in [4.69, 9.17) is 11.6 Å². The molecule has 1 aliphatic rings. The van der Waals surface area contributed by atoms with Crippen LogP contribution in [0.4, 0.5) is 4.39 Å². The Morgan fingerprint density at radius 3 is 2.43 bits per heavy atom. The summed E-state index contributed by atoms with van der Waals surface area (Å²) in [5, 5.41) is 0.461. The third kappa shape index (κ3) is 3.11. The molecule has 4 rings (SSSR count). The monoisotopic (exact) mass is 417 g/mol. The van der Waals surface area contributed by atoms with Crippen LogP contribution in [0.2, 0.25) is 0 Å². The maximum atomic E-state index is 15.4. The molecule has 3 nitrogen and oxygen atoms in total. The Hall–Kier alpha value is -1.98. The van der Waals surface area contributed by atoms with Crippen LogP contribution in [-0.2, 0) is 11.0 Å². The highest BCUT2D eigenvalue weighted by Gasteiger charge is 2.30. The first-order valence-corrected chi connectivity index (χ1v) is 10.9. The number of fused-ring (bicyclic) bond motifs is 1. The lowest BCUT2D eigenvalue weighted by Crippen LogP contribution is -2.09. The first-order valence-electron chi connectivity index (χ1n) is 9.26. The summed E-state index contributed by atoms with van der Waals surface area (Å²) >= 11 is 5.76. The van der Waals surface area contributed by atoms with E-state index in [1.165, 1.54) is 10.2 Å². The summed E-state index contributed by atoms with van der Waals surface area (Å²) < 4.78 is 30.4. The number of hydrogen-bond acceptors (Lipinski definition) is 2. The summed E-state index contributed by atoms with van der Waals surface area (Å²) in [6.07, 6.45) is 3.40. The number of carbonyl (C=O) groups is 1. The van der Waals surface area contributed by atoms with Gasteiger partial charge >= 0.3 is 0 Å². The smallest absolute Gasteiger partial charge is 0.179 e. The van der Waals surface area contributed by atoms with Gasteiger partial charge in [0.15, 0.2) is 22.6 Å². The third-order valence-electron chi connectivity index (χ3n) is 5.30. The van der Waals surface area contributed by atoms with Crippen LogP contribution in [0.3, 0.4) is 0 Å². The molecule has 1 saturated carbocycles. The van der Waals surface area contributed by atoms with Crippen molar-refractivity contribution in [2.75, 3.05) is 5.88 Å². The quantitative estimate of drug-likeness (QED) is 0.401. The molecule has 0 radical (unpaired) electrons. The van der Waals surface area contributed by atoms with Crippen molar-refractivity contribution in [3.05, 3.63) is 64.1 Å². The topological polar surface area (TPSA) is 39.1 Å². The molecule has 3 aromatic rings. The molecule has 0 N–H and O–H groups in total. The highest BCUT2D eigenvalue weighted by atomic mass is 35.5. The van der Waals surface area contributed by atoms with Gasteiger partial charge in [0.1, 0.15) is 0 Å². The molecule has 0 bridgehead atoms. The SMILES string of the molecule is Cc1cc(C)c(S(=O)n2cc(C(=O)CCl)c3ccc(C4CC4)c(F)c32)c(C)c1. The number of carbonyl (C=O) groups excluding carboxylic acids is 1. The number of benzene rings is 2. The number of aryl methyl sites for hydroxylation is 3. The fourth-order valence-electron chi connectivity index (χ4n) is 3.94. The van der Waals surface area contributed by atoms with E-state index in [0.717, 1.165) is 29.5 Å². The molecular weight excluding hydrogens is 397 g/mol. The summed E-state index contributed by atoms with van der Waals surface area (Å²) in [6, 6.07) is 7.43. The number of hydrogen-bond donors (Lipinski definition) is 0. The molecule has 0 spiro atoms. The third-order valence-corrected chi connectivity index (χ3v) is 7.18. The average molecular weight is 418 g/mol. The standard InChI is InChI=1S/C22H21ClFNO2S/c1-12-8-13(2)22(14(3)9-12)28(27)25-11-18(19(26)10-23)17-7-6-16(15-4-5-15)20(24)21(17)25/h6-9,11,15H,4-5,10H2,1-3H3. The lowest BCUT2D eigenvalue weighted by molar-refractivity contribution is 0.102. The predicted octanol–water partition coefficient (Wildman–Crippen LogP) is 5.58. The Labute approximate surface area is 171 Å². The van der Waals surface area contributed by atoms with E-state index in [1.54, 1.807) is 12.1 Å². The van der Waals surface area contributed by atoms with Gasteiger partial charge in [-0.25, -0.2) is 8.60 Å². The van der Waals surface area contributed by atoms with Crippen molar-refractivity contribution in [2.24, 2.45) is 0 Å². The van der Waals surface area contributed by atoms with E-state index < -0.39 is 11.0 Å². The van der Waals surface area contributed by atoms with Gasteiger partial charge in [-0.15, -0.1) is 11.6 Å². The Balaban J connectivity index is 1.99. The number of halogens is 2. The van der Waals surface area contributed by atoms with E-state index in [-0.39, 0.29) is 28.9 Å². The van der Waals surface area contributed by atoms with E-state index in [1.807, 2.05) is 32.9 Å². The van der Waals surface area contributed by atoms with Crippen molar-refractivity contribution >= 4 is 39.3 Å². The Kier molecular flexibility index (Phi) is 4.92. The van der Waals surface area contributed by atoms with Gasteiger partial charge in [-0.1, -0.05) is 29.8 Å². The van der Waals surface area contributed by atoms with Crippen LogP contribution in [0, 0.1) is 26.6 Å². The molecule has 0 aliphatic heterocycles. The van der Waals surface area contributed by atoms with E-state index in [0.29, 0.717) is 21.4 Å². The van der Waals surface area contributed by atoms with Gasteiger partial charge in [-0.3, -0.25) is 8.77 Å². The van der Waals surface area contributed by atoms with E-state index >= 15 is 4.39 Å². The molecule has 1 unspecified atom stereocenters. The van der Waals surface area contributed by atoms with E-state index in [9.17, 15) is 9.00 Å². The highest BCUT2D eigenvalue weighted by molar-refractivity contribution is 7.83. The van der Waals surface area contributed by atoms with Crippen molar-refractivity contribution in [2.45, 2.75) is 44.4 Å². The second-order valence-corrected chi connectivity index (χ2v) is 9.11. The van der Waals surface area contributed by atoms with Crippen LogP contribution in [0.15, 0.2) is 35.4 Å². The van der Waals surface area contributed by atoms with Crippen LogP contribution in [0.25, 0.3) is 10.9 Å². The zero-order valence-corrected chi connectivity index (χ0v) is 17.6. The maximum Gasteiger partial charge on any atom is 0.179 e. The van der Waals surface area contributed by atoms with Crippen molar-refractivity contribution in [3.8, 4) is 0 Å². The van der Waals surface area contributed by atoms with Crippen LogP contribution < -0.4 is 0 Å². The van der Waals surface area contributed by atoms with Gasteiger partial charge in [0.05, 0.1) is 16.3 Å². The molecule has 1 aromatic heterocycles.